The highest BCUT2D eigenvalue weighted by molar-refractivity contribution is 6.29. The molecule has 2 nitrogen and oxygen atoms in total. The number of halogens is 1. The van der Waals surface area contributed by atoms with Gasteiger partial charge in [0.2, 0.25) is 0 Å². The van der Waals surface area contributed by atoms with Crippen molar-refractivity contribution in [2.24, 2.45) is 0 Å². The van der Waals surface area contributed by atoms with E-state index in [0.717, 1.165) is 11.3 Å². The van der Waals surface area contributed by atoms with Crippen molar-refractivity contribution in [3.63, 3.8) is 0 Å². The van der Waals surface area contributed by atoms with Gasteiger partial charge in [-0.25, -0.2) is 0 Å². The summed E-state index contributed by atoms with van der Waals surface area (Å²) < 4.78 is 5.31. The molecule has 0 radical (unpaired) electrons. The molecule has 1 aromatic carbocycles. The summed E-state index contributed by atoms with van der Waals surface area (Å²) in [6.45, 7) is 4.01. The van der Waals surface area contributed by atoms with Gasteiger partial charge in [-0.1, -0.05) is 30.3 Å². The minimum atomic E-state index is 0.165. The third-order valence-corrected chi connectivity index (χ3v) is 1.83. The lowest BCUT2D eigenvalue weighted by atomic mass is 10.1. The second-order valence-electron chi connectivity index (χ2n) is 2.92. The topological polar surface area (TPSA) is 29.5 Å². The van der Waals surface area contributed by atoms with Gasteiger partial charge >= 0.3 is 0 Å². The summed E-state index contributed by atoms with van der Waals surface area (Å²) >= 11 is 5.56. The van der Waals surface area contributed by atoms with Crippen LogP contribution in [0.15, 0.2) is 35.9 Å². The van der Waals surface area contributed by atoms with Crippen molar-refractivity contribution in [1.82, 2.24) is 0 Å². The Kier molecular flexibility index (Phi) is 4.50. The second kappa shape index (κ2) is 5.68. The zero-order valence-corrected chi connectivity index (χ0v) is 8.63. The molecule has 0 fully saturated rings. The van der Waals surface area contributed by atoms with E-state index in [-0.39, 0.29) is 6.61 Å². The second-order valence-corrected chi connectivity index (χ2v) is 3.46. The van der Waals surface area contributed by atoms with Gasteiger partial charge in [0, 0.05) is 11.6 Å². The smallest absolute Gasteiger partial charge is 0.123 e. The molecule has 0 atom stereocenters. The molecule has 0 aliphatic heterocycles. The lowest BCUT2D eigenvalue weighted by Crippen LogP contribution is -1.96. The van der Waals surface area contributed by atoms with Crippen LogP contribution in [0.4, 0.5) is 0 Å². The summed E-state index contributed by atoms with van der Waals surface area (Å²) in [5.41, 5.74) is 1.09. The monoisotopic (exact) mass is 212 g/mol. The minimum absolute atomic E-state index is 0.165. The normalized spacial score (nSPS) is 9.86. The Bertz CT molecular complexity index is 293. The molecule has 1 N–H and O–H groups in total. The molecule has 0 aliphatic carbocycles. The number of rotatable bonds is 5. The Morgan fingerprint density at radius 3 is 2.50 bits per heavy atom. The first kappa shape index (κ1) is 11.1. The van der Waals surface area contributed by atoms with E-state index >= 15 is 0 Å². The van der Waals surface area contributed by atoms with Crippen LogP contribution < -0.4 is 4.74 Å². The van der Waals surface area contributed by atoms with Crippen LogP contribution in [0.1, 0.15) is 5.56 Å². The van der Waals surface area contributed by atoms with E-state index in [2.05, 4.69) is 6.58 Å². The van der Waals surface area contributed by atoms with E-state index in [0.29, 0.717) is 18.1 Å². The number of hydrogen-bond donors (Lipinski definition) is 1. The first-order valence-corrected chi connectivity index (χ1v) is 4.76. The fourth-order valence-electron chi connectivity index (χ4n) is 1.04. The Hall–Kier alpha value is -0.990. The van der Waals surface area contributed by atoms with Crippen LogP contribution >= 0.6 is 11.6 Å². The highest BCUT2D eigenvalue weighted by Crippen LogP contribution is 2.13. The van der Waals surface area contributed by atoms with E-state index < -0.39 is 0 Å². The van der Waals surface area contributed by atoms with E-state index in [1.807, 2.05) is 24.3 Å². The predicted molar refractivity (Wildman–Crippen MR) is 57.7 cm³/mol. The van der Waals surface area contributed by atoms with Gasteiger partial charge in [0.05, 0.1) is 0 Å². The molecule has 0 aliphatic rings. The molecule has 14 heavy (non-hydrogen) atoms. The van der Waals surface area contributed by atoms with Crippen LogP contribution in [0, 0.1) is 0 Å². The molecule has 0 spiro atoms. The Morgan fingerprint density at radius 2 is 2.00 bits per heavy atom. The fourth-order valence-corrected chi connectivity index (χ4v) is 1.10. The number of aliphatic hydroxyl groups excluding tert-OH is 1. The van der Waals surface area contributed by atoms with Crippen molar-refractivity contribution in [3.8, 4) is 5.75 Å². The van der Waals surface area contributed by atoms with Crippen LogP contribution in [-0.2, 0) is 6.42 Å². The Morgan fingerprint density at radius 1 is 1.36 bits per heavy atom. The van der Waals surface area contributed by atoms with Crippen molar-refractivity contribution in [2.75, 3.05) is 13.2 Å². The zero-order chi connectivity index (χ0) is 10.4. The number of hydrogen-bond acceptors (Lipinski definition) is 2. The molecule has 0 unspecified atom stereocenters. The lowest BCUT2D eigenvalue weighted by Gasteiger charge is -2.05. The predicted octanol–water partition coefficient (Wildman–Crippen LogP) is 2.35. The lowest BCUT2D eigenvalue weighted by molar-refractivity contribution is 0.299. The molecule has 3 heteroatoms. The van der Waals surface area contributed by atoms with E-state index in [1.54, 1.807) is 0 Å². The van der Waals surface area contributed by atoms with Gasteiger partial charge in [0.25, 0.3) is 0 Å². The van der Waals surface area contributed by atoms with Gasteiger partial charge < -0.3 is 9.84 Å². The van der Waals surface area contributed by atoms with Gasteiger partial charge in [0.15, 0.2) is 0 Å². The van der Waals surface area contributed by atoms with Crippen molar-refractivity contribution < 1.29 is 9.84 Å². The maximum atomic E-state index is 8.70. The number of ether oxygens (including phenoxy) is 1. The molecule has 1 aromatic rings. The molecule has 76 valence electrons. The number of benzene rings is 1. The maximum Gasteiger partial charge on any atom is 0.123 e. The third-order valence-electron chi connectivity index (χ3n) is 1.72. The van der Waals surface area contributed by atoms with Crippen molar-refractivity contribution in [1.29, 1.82) is 0 Å². The van der Waals surface area contributed by atoms with E-state index in [1.165, 1.54) is 0 Å². The molecule has 0 bridgehead atoms. The number of aliphatic hydroxyl groups is 1. The van der Waals surface area contributed by atoms with Crippen molar-refractivity contribution in [2.45, 2.75) is 6.42 Å². The molecule has 0 heterocycles. The zero-order valence-electron chi connectivity index (χ0n) is 7.87. The van der Waals surface area contributed by atoms with Crippen LogP contribution in [0.2, 0.25) is 0 Å². The summed E-state index contributed by atoms with van der Waals surface area (Å²) in [4.78, 5) is 0. The van der Waals surface area contributed by atoms with Crippen molar-refractivity contribution >= 4 is 11.6 Å². The fraction of sp³-hybridized carbons (Fsp3) is 0.273. The highest BCUT2D eigenvalue weighted by Gasteiger charge is 1.95. The van der Waals surface area contributed by atoms with Crippen LogP contribution in [0.3, 0.4) is 0 Å². The van der Waals surface area contributed by atoms with Gasteiger partial charge in [-0.15, -0.1) is 0 Å². The summed E-state index contributed by atoms with van der Waals surface area (Å²) in [7, 11) is 0. The minimum Gasteiger partial charge on any atom is -0.488 e. The van der Waals surface area contributed by atoms with Crippen LogP contribution in [0.25, 0.3) is 0 Å². The molecular formula is C11H13ClO2. The van der Waals surface area contributed by atoms with Crippen molar-refractivity contribution in [3.05, 3.63) is 41.4 Å². The van der Waals surface area contributed by atoms with Crippen LogP contribution in [-0.4, -0.2) is 18.3 Å². The molecule has 1 rings (SSSR count). The maximum absolute atomic E-state index is 8.70. The SMILES string of the molecule is C=C(Cl)COc1ccc(CCO)cc1. The van der Waals surface area contributed by atoms with Gasteiger partial charge in [-0.05, 0) is 24.1 Å². The summed E-state index contributed by atoms with van der Waals surface area (Å²) in [5, 5.41) is 9.18. The molecule has 0 amide bonds. The van der Waals surface area contributed by atoms with Gasteiger partial charge in [-0.2, -0.15) is 0 Å². The summed E-state index contributed by atoms with van der Waals surface area (Å²) in [5.74, 6) is 0.758. The summed E-state index contributed by atoms with van der Waals surface area (Å²) in [6.07, 6.45) is 0.669. The third kappa shape index (κ3) is 3.81. The van der Waals surface area contributed by atoms with Crippen LogP contribution in [0.5, 0.6) is 5.75 Å². The summed E-state index contributed by atoms with van der Waals surface area (Å²) in [6, 6.07) is 7.54. The molecular weight excluding hydrogens is 200 g/mol. The highest BCUT2D eigenvalue weighted by atomic mass is 35.5. The average molecular weight is 213 g/mol. The standard InChI is InChI=1S/C11H13ClO2/c1-9(12)8-14-11-4-2-10(3-5-11)6-7-13/h2-5,13H,1,6-8H2. The Labute approximate surface area is 88.8 Å². The van der Waals surface area contributed by atoms with Gasteiger partial charge in [-0.3, -0.25) is 0 Å². The molecule has 0 saturated heterocycles. The van der Waals surface area contributed by atoms with E-state index in [4.69, 9.17) is 21.4 Å². The average Bonchev–Trinajstić information content (AvgIpc) is 2.17. The first-order chi connectivity index (χ1) is 6.72. The largest absolute Gasteiger partial charge is 0.488 e. The first-order valence-electron chi connectivity index (χ1n) is 4.38. The Balaban J connectivity index is 2.50. The molecule has 0 saturated carbocycles. The van der Waals surface area contributed by atoms with Gasteiger partial charge in [0.1, 0.15) is 12.4 Å². The quantitative estimate of drug-likeness (QED) is 0.812. The molecule has 0 aromatic heterocycles. The van der Waals surface area contributed by atoms with E-state index in [9.17, 15) is 0 Å².